The number of aromatic hydroxyl groups is 1. The van der Waals surface area contributed by atoms with E-state index in [4.69, 9.17) is 10.6 Å². The van der Waals surface area contributed by atoms with Gasteiger partial charge in [0.2, 0.25) is 0 Å². The Morgan fingerprint density at radius 1 is 1.38 bits per heavy atom. The summed E-state index contributed by atoms with van der Waals surface area (Å²) in [5, 5.41) is 10.1. The fourth-order valence-electron chi connectivity index (χ4n) is 1.63. The molecule has 0 radical (unpaired) electrons. The smallest absolute Gasteiger partial charge is 0.161 e. The zero-order chi connectivity index (χ0) is 12.2. The topological polar surface area (TPSA) is 64.7 Å². The fourth-order valence-corrected chi connectivity index (χ4v) is 1.63. The van der Waals surface area contributed by atoms with E-state index in [9.17, 15) is 5.11 Å². The molecule has 0 amide bonds. The highest BCUT2D eigenvalue weighted by Gasteiger charge is 2.25. The molecule has 0 aromatic heterocycles. The summed E-state index contributed by atoms with van der Waals surface area (Å²) in [7, 11) is 0. The molecule has 0 heterocycles. The molecule has 0 saturated heterocycles. The zero-order valence-electron chi connectivity index (χ0n) is 9.99. The minimum Gasteiger partial charge on any atom is -0.504 e. The van der Waals surface area contributed by atoms with Crippen molar-refractivity contribution in [3.63, 3.8) is 0 Å². The first kappa shape index (κ1) is 12.8. The van der Waals surface area contributed by atoms with Crippen LogP contribution in [-0.4, -0.2) is 18.3 Å². The highest BCUT2D eigenvalue weighted by atomic mass is 16.6. The van der Waals surface area contributed by atoms with Crippen LogP contribution in [0.1, 0.15) is 26.3 Å². The molecule has 0 aliphatic heterocycles. The van der Waals surface area contributed by atoms with Gasteiger partial charge in [-0.15, -0.1) is 0 Å². The lowest BCUT2D eigenvalue weighted by Crippen LogP contribution is -2.26. The lowest BCUT2D eigenvalue weighted by molar-refractivity contribution is 0.0952. The normalized spacial score (nSPS) is 11.5. The van der Waals surface area contributed by atoms with Crippen LogP contribution in [0.4, 0.5) is 0 Å². The van der Waals surface area contributed by atoms with Crippen molar-refractivity contribution in [3.05, 3.63) is 23.8 Å². The summed E-state index contributed by atoms with van der Waals surface area (Å²) >= 11 is 0. The quantitative estimate of drug-likeness (QED) is 0.752. The van der Waals surface area contributed by atoms with Gasteiger partial charge in [-0.25, -0.2) is 5.90 Å². The fraction of sp³-hybridized carbons (Fsp3) is 0.500. The van der Waals surface area contributed by atoms with Crippen molar-refractivity contribution in [3.8, 4) is 11.5 Å². The van der Waals surface area contributed by atoms with Gasteiger partial charge < -0.3 is 14.7 Å². The summed E-state index contributed by atoms with van der Waals surface area (Å²) in [5.74, 6) is 5.74. The van der Waals surface area contributed by atoms with Crippen molar-refractivity contribution in [2.45, 2.75) is 26.2 Å². The van der Waals surface area contributed by atoms with Crippen LogP contribution in [-0.2, 0) is 10.3 Å². The van der Waals surface area contributed by atoms with Gasteiger partial charge >= 0.3 is 0 Å². The first-order chi connectivity index (χ1) is 7.53. The maximum absolute atomic E-state index is 10.1. The Bertz CT molecular complexity index is 350. The average Bonchev–Trinajstić information content (AvgIpc) is 2.21. The number of rotatable bonds is 5. The van der Waals surface area contributed by atoms with Crippen molar-refractivity contribution in [1.29, 1.82) is 0 Å². The number of nitrogens with two attached hydrogens (primary N) is 1. The Morgan fingerprint density at radius 3 is 2.62 bits per heavy atom. The van der Waals surface area contributed by atoms with Crippen molar-refractivity contribution in [1.82, 2.24) is 0 Å². The van der Waals surface area contributed by atoms with Crippen LogP contribution in [0.3, 0.4) is 0 Å². The molecular weight excluding hydrogens is 206 g/mol. The number of benzene rings is 1. The third-order valence-corrected chi connectivity index (χ3v) is 2.47. The Kier molecular flexibility index (Phi) is 4.15. The largest absolute Gasteiger partial charge is 0.504 e. The molecule has 0 saturated carbocycles. The first-order valence-corrected chi connectivity index (χ1v) is 5.30. The lowest BCUT2D eigenvalue weighted by atomic mass is 9.85. The summed E-state index contributed by atoms with van der Waals surface area (Å²) in [6, 6.07) is 5.43. The standard InChI is InChI=1S/C12H19NO3/c1-4-15-10-7-5-6-9(11(10)14)12(2,3)8-16-13/h5-7,14H,4,8,13H2,1-3H3. The van der Waals surface area contributed by atoms with Crippen LogP contribution in [0.25, 0.3) is 0 Å². The molecule has 0 fully saturated rings. The minimum atomic E-state index is -0.355. The molecule has 0 bridgehead atoms. The van der Waals surface area contributed by atoms with Crippen LogP contribution in [0.5, 0.6) is 11.5 Å². The number of phenolic OH excluding ortho intramolecular Hbond substituents is 1. The molecule has 16 heavy (non-hydrogen) atoms. The Balaban J connectivity index is 3.09. The molecule has 4 nitrogen and oxygen atoms in total. The number of phenols is 1. The molecule has 90 valence electrons. The minimum absolute atomic E-state index is 0.159. The van der Waals surface area contributed by atoms with Gasteiger partial charge in [0.1, 0.15) is 0 Å². The van der Waals surface area contributed by atoms with Crippen molar-refractivity contribution < 1.29 is 14.7 Å². The predicted molar refractivity (Wildman–Crippen MR) is 62.4 cm³/mol. The molecule has 3 N–H and O–H groups in total. The van der Waals surface area contributed by atoms with E-state index in [1.807, 2.05) is 32.9 Å². The molecule has 0 aliphatic carbocycles. The van der Waals surface area contributed by atoms with E-state index < -0.39 is 0 Å². The Labute approximate surface area is 95.9 Å². The van der Waals surface area contributed by atoms with Gasteiger partial charge in [0.25, 0.3) is 0 Å². The third kappa shape index (κ3) is 2.65. The van der Waals surface area contributed by atoms with Crippen molar-refractivity contribution in [2.24, 2.45) is 5.90 Å². The van der Waals surface area contributed by atoms with E-state index in [2.05, 4.69) is 4.84 Å². The lowest BCUT2D eigenvalue weighted by Gasteiger charge is -2.25. The molecule has 0 aliphatic rings. The van der Waals surface area contributed by atoms with Crippen LogP contribution < -0.4 is 10.6 Å². The van der Waals surface area contributed by atoms with Gasteiger partial charge in [-0.2, -0.15) is 0 Å². The maximum Gasteiger partial charge on any atom is 0.161 e. The van der Waals surface area contributed by atoms with Crippen molar-refractivity contribution >= 4 is 0 Å². The van der Waals surface area contributed by atoms with E-state index in [0.717, 1.165) is 5.56 Å². The SMILES string of the molecule is CCOc1cccc(C(C)(C)CON)c1O. The van der Waals surface area contributed by atoms with E-state index in [0.29, 0.717) is 19.0 Å². The number of para-hydroxylation sites is 1. The molecular formula is C12H19NO3. The first-order valence-electron chi connectivity index (χ1n) is 5.30. The average molecular weight is 225 g/mol. The Hall–Kier alpha value is -1.26. The molecule has 0 atom stereocenters. The highest BCUT2D eigenvalue weighted by molar-refractivity contribution is 5.48. The van der Waals surface area contributed by atoms with E-state index in [-0.39, 0.29) is 11.2 Å². The van der Waals surface area contributed by atoms with E-state index in [1.165, 1.54) is 0 Å². The van der Waals surface area contributed by atoms with Gasteiger partial charge in [-0.3, -0.25) is 0 Å². The molecule has 0 unspecified atom stereocenters. The summed E-state index contributed by atoms with van der Waals surface area (Å²) in [6.45, 7) is 6.62. The van der Waals surface area contributed by atoms with Gasteiger partial charge in [-0.05, 0) is 13.0 Å². The summed E-state index contributed by atoms with van der Waals surface area (Å²) in [6.07, 6.45) is 0. The van der Waals surface area contributed by atoms with Crippen LogP contribution in [0.15, 0.2) is 18.2 Å². The Morgan fingerprint density at radius 2 is 2.06 bits per heavy atom. The monoisotopic (exact) mass is 225 g/mol. The second kappa shape index (κ2) is 5.18. The molecule has 4 heteroatoms. The van der Waals surface area contributed by atoms with Crippen LogP contribution in [0, 0.1) is 0 Å². The predicted octanol–water partition coefficient (Wildman–Crippen LogP) is 1.96. The second-order valence-electron chi connectivity index (χ2n) is 4.28. The molecule has 1 aromatic carbocycles. The highest BCUT2D eigenvalue weighted by Crippen LogP contribution is 2.37. The number of ether oxygens (including phenoxy) is 1. The third-order valence-electron chi connectivity index (χ3n) is 2.47. The number of hydrogen-bond acceptors (Lipinski definition) is 4. The molecule has 0 spiro atoms. The van der Waals surface area contributed by atoms with Crippen molar-refractivity contribution in [2.75, 3.05) is 13.2 Å². The summed E-state index contributed by atoms with van der Waals surface area (Å²) < 4.78 is 5.33. The van der Waals surface area contributed by atoms with Crippen LogP contribution >= 0.6 is 0 Å². The van der Waals surface area contributed by atoms with Crippen LogP contribution in [0.2, 0.25) is 0 Å². The number of hydrogen-bond donors (Lipinski definition) is 2. The molecule has 1 aromatic rings. The maximum atomic E-state index is 10.1. The van der Waals surface area contributed by atoms with Gasteiger partial charge in [0.05, 0.1) is 13.2 Å². The summed E-state index contributed by atoms with van der Waals surface area (Å²) in [4.78, 5) is 4.66. The van der Waals surface area contributed by atoms with E-state index in [1.54, 1.807) is 6.07 Å². The van der Waals surface area contributed by atoms with Gasteiger partial charge in [0, 0.05) is 11.0 Å². The van der Waals surface area contributed by atoms with E-state index >= 15 is 0 Å². The molecule has 1 rings (SSSR count). The zero-order valence-corrected chi connectivity index (χ0v) is 9.99. The second-order valence-corrected chi connectivity index (χ2v) is 4.28. The van der Waals surface area contributed by atoms with Gasteiger partial charge in [0.15, 0.2) is 11.5 Å². The van der Waals surface area contributed by atoms with Gasteiger partial charge in [-0.1, -0.05) is 26.0 Å². The summed E-state index contributed by atoms with van der Waals surface area (Å²) in [5.41, 5.74) is 0.412.